The lowest BCUT2D eigenvalue weighted by molar-refractivity contribution is -0.114. The van der Waals surface area contributed by atoms with Crippen LogP contribution in [0.1, 0.15) is 17.5 Å². The molecular weight excluding hydrogens is 160 g/mol. The highest BCUT2D eigenvalue weighted by molar-refractivity contribution is 5.89. The summed E-state index contributed by atoms with van der Waals surface area (Å²) in [6.45, 7) is 5.49. The van der Waals surface area contributed by atoms with Gasteiger partial charge in [-0.1, -0.05) is 36.4 Å². The fourth-order valence-electron chi connectivity index (χ4n) is 1.12. The van der Waals surface area contributed by atoms with Gasteiger partial charge in [0.25, 0.3) is 0 Å². The van der Waals surface area contributed by atoms with E-state index in [-0.39, 0.29) is 5.78 Å². The van der Waals surface area contributed by atoms with E-state index >= 15 is 0 Å². The summed E-state index contributed by atoms with van der Waals surface area (Å²) in [4.78, 5) is 10.9. The highest BCUT2D eigenvalue weighted by atomic mass is 16.1. The molecular formula is C12H14O. The molecule has 0 radical (unpaired) electrons. The summed E-state index contributed by atoms with van der Waals surface area (Å²) in [6.07, 6.45) is 2.76. The minimum absolute atomic E-state index is 0.112. The average Bonchev–Trinajstić information content (AvgIpc) is 2.16. The van der Waals surface area contributed by atoms with Gasteiger partial charge in [0.15, 0.2) is 5.78 Å². The van der Waals surface area contributed by atoms with Gasteiger partial charge in [0, 0.05) is 6.42 Å². The molecule has 0 aromatic heterocycles. The van der Waals surface area contributed by atoms with Gasteiger partial charge in [-0.05, 0) is 25.0 Å². The van der Waals surface area contributed by atoms with E-state index in [1.54, 1.807) is 0 Å². The van der Waals surface area contributed by atoms with Crippen LogP contribution in [-0.2, 0) is 11.2 Å². The maximum Gasteiger partial charge on any atom is 0.155 e. The Bertz CT molecular complexity index is 295. The summed E-state index contributed by atoms with van der Waals surface area (Å²) >= 11 is 0. The second kappa shape index (κ2) is 4.61. The Hall–Kier alpha value is -1.37. The topological polar surface area (TPSA) is 17.1 Å². The van der Waals surface area contributed by atoms with E-state index in [0.717, 1.165) is 6.42 Å². The Morgan fingerprint density at radius 1 is 1.38 bits per heavy atom. The Kier molecular flexibility index (Phi) is 3.44. The molecule has 0 heterocycles. The predicted octanol–water partition coefficient (Wildman–Crippen LogP) is 2.68. The van der Waals surface area contributed by atoms with E-state index in [1.807, 2.05) is 0 Å². The quantitative estimate of drug-likeness (QED) is 0.641. The first kappa shape index (κ1) is 9.72. The monoisotopic (exact) mass is 174 g/mol. The number of aryl methyl sites for hydroxylation is 2. The second-order valence-corrected chi connectivity index (χ2v) is 3.16. The summed E-state index contributed by atoms with van der Waals surface area (Å²) in [5, 5.41) is 0. The third kappa shape index (κ3) is 3.24. The zero-order chi connectivity index (χ0) is 9.68. The maximum absolute atomic E-state index is 10.9. The van der Waals surface area contributed by atoms with Crippen molar-refractivity contribution in [1.82, 2.24) is 0 Å². The van der Waals surface area contributed by atoms with Gasteiger partial charge < -0.3 is 0 Å². The largest absolute Gasteiger partial charge is 0.295 e. The molecule has 0 unspecified atom stereocenters. The van der Waals surface area contributed by atoms with Gasteiger partial charge in [-0.15, -0.1) is 0 Å². The lowest BCUT2D eigenvalue weighted by atomic mass is 10.1. The van der Waals surface area contributed by atoms with Crippen molar-refractivity contribution in [3.63, 3.8) is 0 Å². The minimum Gasteiger partial charge on any atom is -0.295 e. The van der Waals surface area contributed by atoms with Gasteiger partial charge in [-0.25, -0.2) is 0 Å². The van der Waals surface area contributed by atoms with Crippen molar-refractivity contribution in [2.75, 3.05) is 0 Å². The van der Waals surface area contributed by atoms with Crippen molar-refractivity contribution in [2.45, 2.75) is 19.8 Å². The Morgan fingerprint density at radius 2 is 2.00 bits per heavy atom. The van der Waals surface area contributed by atoms with Gasteiger partial charge in [-0.2, -0.15) is 0 Å². The number of carbonyl (C=O) groups is 1. The molecule has 0 amide bonds. The van der Waals surface area contributed by atoms with Crippen LogP contribution in [0.3, 0.4) is 0 Å². The highest BCUT2D eigenvalue weighted by Crippen LogP contribution is 2.05. The summed E-state index contributed by atoms with van der Waals surface area (Å²) in [6, 6.07) is 8.25. The van der Waals surface area contributed by atoms with Crippen LogP contribution in [0.2, 0.25) is 0 Å². The van der Waals surface area contributed by atoms with Crippen LogP contribution in [0.5, 0.6) is 0 Å². The van der Waals surface area contributed by atoms with Crippen molar-refractivity contribution in [1.29, 1.82) is 0 Å². The van der Waals surface area contributed by atoms with Crippen LogP contribution in [0.4, 0.5) is 0 Å². The number of hydrogen-bond donors (Lipinski definition) is 0. The Balaban J connectivity index is 2.50. The fourth-order valence-corrected chi connectivity index (χ4v) is 1.12. The van der Waals surface area contributed by atoms with E-state index in [9.17, 15) is 4.79 Å². The first-order valence-corrected chi connectivity index (χ1v) is 4.43. The number of allylic oxidation sites excluding steroid dienone is 1. The molecule has 0 N–H and O–H groups in total. The molecule has 0 aliphatic rings. The summed E-state index contributed by atoms with van der Waals surface area (Å²) in [5.74, 6) is 0.112. The van der Waals surface area contributed by atoms with Crippen LogP contribution in [0.25, 0.3) is 0 Å². The Morgan fingerprint density at radius 3 is 2.54 bits per heavy atom. The summed E-state index contributed by atoms with van der Waals surface area (Å²) < 4.78 is 0. The molecule has 1 aromatic rings. The smallest absolute Gasteiger partial charge is 0.155 e. The van der Waals surface area contributed by atoms with Gasteiger partial charge in [0.05, 0.1) is 0 Å². The normalized spacial score (nSPS) is 9.62. The van der Waals surface area contributed by atoms with Crippen LogP contribution >= 0.6 is 0 Å². The number of ketones is 1. The molecule has 0 aliphatic carbocycles. The van der Waals surface area contributed by atoms with Crippen molar-refractivity contribution < 1.29 is 4.79 Å². The fraction of sp³-hybridized carbons (Fsp3) is 0.250. The number of rotatable bonds is 4. The molecule has 13 heavy (non-hydrogen) atoms. The molecule has 1 heteroatoms. The lowest BCUT2D eigenvalue weighted by Crippen LogP contribution is -1.95. The van der Waals surface area contributed by atoms with E-state index in [2.05, 4.69) is 37.8 Å². The number of benzene rings is 1. The molecule has 0 bridgehead atoms. The zero-order valence-corrected chi connectivity index (χ0v) is 7.92. The van der Waals surface area contributed by atoms with Gasteiger partial charge in [0.2, 0.25) is 0 Å². The lowest BCUT2D eigenvalue weighted by Gasteiger charge is -1.99. The molecule has 0 atom stereocenters. The third-order valence-corrected chi connectivity index (χ3v) is 2.01. The molecule has 1 nitrogen and oxygen atoms in total. The SMILES string of the molecule is C=CC(=O)CCc1ccc(C)cc1. The average molecular weight is 174 g/mol. The molecule has 0 saturated carbocycles. The van der Waals surface area contributed by atoms with E-state index < -0.39 is 0 Å². The standard InChI is InChI=1S/C12H14O/c1-3-12(13)9-8-11-6-4-10(2)5-7-11/h3-7H,1,8-9H2,2H3. The second-order valence-electron chi connectivity index (χ2n) is 3.16. The van der Waals surface area contributed by atoms with Crippen molar-refractivity contribution >= 4 is 5.78 Å². The first-order valence-electron chi connectivity index (χ1n) is 4.43. The minimum atomic E-state index is 0.112. The molecule has 0 saturated heterocycles. The maximum atomic E-state index is 10.9. The van der Waals surface area contributed by atoms with Crippen molar-refractivity contribution in [3.05, 3.63) is 48.0 Å². The molecule has 0 aliphatic heterocycles. The Labute approximate surface area is 79.1 Å². The molecule has 0 fully saturated rings. The van der Waals surface area contributed by atoms with E-state index in [4.69, 9.17) is 0 Å². The number of carbonyl (C=O) groups excluding carboxylic acids is 1. The van der Waals surface area contributed by atoms with Crippen LogP contribution in [-0.4, -0.2) is 5.78 Å². The third-order valence-electron chi connectivity index (χ3n) is 2.01. The highest BCUT2D eigenvalue weighted by Gasteiger charge is 1.97. The van der Waals surface area contributed by atoms with Crippen LogP contribution < -0.4 is 0 Å². The summed E-state index contributed by atoms with van der Waals surface area (Å²) in [5.41, 5.74) is 2.46. The van der Waals surface area contributed by atoms with Crippen LogP contribution in [0, 0.1) is 6.92 Å². The summed E-state index contributed by atoms with van der Waals surface area (Å²) in [7, 11) is 0. The molecule has 68 valence electrons. The van der Waals surface area contributed by atoms with Gasteiger partial charge in [-0.3, -0.25) is 4.79 Å². The van der Waals surface area contributed by atoms with Gasteiger partial charge >= 0.3 is 0 Å². The van der Waals surface area contributed by atoms with E-state index in [0.29, 0.717) is 6.42 Å². The molecule has 0 spiro atoms. The number of hydrogen-bond acceptors (Lipinski definition) is 1. The van der Waals surface area contributed by atoms with Crippen LogP contribution in [0.15, 0.2) is 36.9 Å². The predicted molar refractivity (Wildman–Crippen MR) is 54.7 cm³/mol. The van der Waals surface area contributed by atoms with Crippen molar-refractivity contribution in [2.24, 2.45) is 0 Å². The van der Waals surface area contributed by atoms with Gasteiger partial charge in [0.1, 0.15) is 0 Å². The molecule has 1 rings (SSSR count). The first-order chi connectivity index (χ1) is 6.22. The van der Waals surface area contributed by atoms with E-state index in [1.165, 1.54) is 17.2 Å². The molecule has 1 aromatic carbocycles. The zero-order valence-electron chi connectivity index (χ0n) is 7.92. The van der Waals surface area contributed by atoms with Crippen molar-refractivity contribution in [3.8, 4) is 0 Å².